The van der Waals surface area contributed by atoms with Crippen molar-refractivity contribution in [1.29, 1.82) is 0 Å². The van der Waals surface area contributed by atoms with Gasteiger partial charge in [0.15, 0.2) is 6.10 Å². The minimum absolute atomic E-state index is 0.129. The number of carbonyl (C=O) groups is 2. The van der Waals surface area contributed by atoms with Gasteiger partial charge in [-0.3, -0.25) is 18.6 Å². The minimum atomic E-state index is -4.64. The van der Waals surface area contributed by atoms with E-state index in [2.05, 4.69) is 37.4 Å². The molecule has 11 nitrogen and oxygen atoms in total. The van der Waals surface area contributed by atoms with Gasteiger partial charge in [0.25, 0.3) is 0 Å². The maximum atomic E-state index is 12.6. The van der Waals surface area contributed by atoms with Gasteiger partial charge >= 0.3 is 19.8 Å². The molecule has 0 heterocycles. The predicted octanol–water partition coefficient (Wildman–Crippen LogP) is 8.77. The quantitative estimate of drug-likeness (QED) is 0.0160. The van der Waals surface area contributed by atoms with Crippen LogP contribution in [0.3, 0.4) is 0 Å². The number of phosphoric acid groups is 1. The Labute approximate surface area is 319 Å². The Morgan fingerprint density at radius 3 is 2.04 bits per heavy atom. The highest BCUT2D eigenvalue weighted by Gasteiger charge is 2.27. The van der Waals surface area contributed by atoms with Gasteiger partial charge in [-0.15, -0.1) is 0 Å². The van der Waals surface area contributed by atoms with Gasteiger partial charge < -0.3 is 29.7 Å². The predicted molar refractivity (Wildman–Crippen MR) is 211 cm³/mol. The van der Waals surface area contributed by atoms with E-state index in [9.17, 15) is 29.3 Å². The van der Waals surface area contributed by atoms with Gasteiger partial charge in [-0.1, -0.05) is 139 Å². The zero-order chi connectivity index (χ0) is 39.4. The van der Waals surface area contributed by atoms with E-state index in [4.69, 9.17) is 19.1 Å². The molecule has 0 saturated carbocycles. The molecule has 306 valence electrons. The second-order valence-corrected chi connectivity index (χ2v) is 14.8. The number of ether oxygens (including phenoxy) is 2. The second-order valence-electron chi connectivity index (χ2n) is 13.4. The molecule has 0 aliphatic heterocycles. The third-order valence-corrected chi connectivity index (χ3v) is 9.26. The fraction of sp³-hybridized carbons (Fsp3) is 0.707. The molecule has 0 aromatic rings. The fourth-order valence-electron chi connectivity index (χ4n) is 4.85. The number of phosphoric ester groups is 1. The number of esters is 2. The average Bonchev–Trinajstić information content (AvgIpc) is 3.14. The first-order valence-corrected chi connectivity index (χ1v) is 21.2. The number of hydrogen-bond acceptors (Lipinski definition) is 10. The molecule has 5 atom stereocenters. The van der Waals surface area contributed by atoms with Crippen molar-refractivity contribution < 1.29 is 52.9 Å². The van der Waals surface area contributed by atoms with Gasteiger partial charge in [0.2, 0.25) is 0 Å². The van der Waals surface area contributed by atoms with Crippen molar-refractivity contribution in [1.82, 2.24) is 0 Å². The molecule has 0 amide bonds. The molecule has 0 saturated heterocycles. The van der Waals surface area contributed by atoms with Crippen LogP contribution < -0.4 is 0 Å². The second kappa shape index (κ2) is 35.3. The molecular weight excluding hydrogens is 699 g/mol. The number of aliphatic hydroxyl groups excluding tert-OH is 3. The Morgan fingerprint density at radius 1 is 0.717 bits per heavy atom. The third kappa shape index (κ3) is 35.1. The standard InChI is InChI=1S/C41H71O11P/c1-4-6-7-8-18-23-28-37(43)29-24-19-14-10-12-15-20-25-30-40(45)49-34-39(35-51-53(47,48)50-33-38(44)32-42)52-41(46)31-26-21-16-11-9-13-17-22-27-36(3)5-2/h6-7,12,14-15,18-19,23-24,29,36-39,42-44H,4-5,8-11,13,16-17,20-22,25-28,30-35H2,1-3H3,(H,47,48)/b7-6-,15-12-,19-14-,23-18-,29-24+/t36?,37?,38-,39+/m0/s1. The Kier molecular flexibility index (Phi) is 33.8. The van der Waals surface area contributed by atoms with Crippen LogP contribution in [0.4, 0.5) is 0 Å². The Balaban J connectivity index is 4.53. The van der Waals surface area contributed by atoms with Crippen LogP contribution in [0.15, 0.2) is 60.8 Å². The highest BCUT2D eigenvalue weighted by molar-refractivity contribution is 7.47. The summed E-state index contributed by atoms with van der Waals surface area (Å²) in [7, 11) is -4.64. The van der Waals surface area contributed by atoms with E-state index < -0.39 is 57.9 Å². The number of carbonyl (C=O) groups excluding carboxylic acids is 2. The summed E-state index contributed by atoms with van der Waals surface area (Å²) in [6.07, 6.45) is 32.4. The first-order valence-electron chi connectivity index (χ1n) is 19.7. The number of aliphatic hydroxyl groups is 3. The summed E-state index contributed by atoms with van der Waals surface area (Å²) in [5.41, 5.74) is 0. The molecule has 0 bridgehead atoms. The number of unbranched alkanes of at least 4 members (excludes halogenated alkanes) is 8. The van der Waals surface area contributed by atoms with E-state index in [1.165, 1.54) is 38.5 Å². The van der Waals surface area contributed by atoms with Crippen LogP contribution >= 0.6 is 7.82 Å². The van der Waals surface area contributed by atoms with Gasteiger partial charge in [-0.25, -0.2) is 4.57 Å². The van der Waals surface area contributed by atoms with Gasteiger partial charge in [-0.2, -0.15) is 0 Å². The van der Waals surface area contributed by atoms with Crippen LogP contribution in [0, 0.1) is 5.92 Å². The lowest BCUT2D eigenvalue weighted by atomic mass is 9.99. The monoisotopic (exact) mass is 770 g/mol. The molecule has 0 fully saturated rings. The van der Waals surface area contributed by atoms with E-state index in [-0.39, 0.29) is 19.4 Å². The van der Waals surface area contributed by atoms with Crippen LogP contribution in [0.1, 0.15) is 136 Å². The molecule has 0 aromatic heterocycles. The molecule has 53 heavy (non-hydrogen) atoms. The molecule has 0 aromatic carbocycles. The summed E-state index contributed by atoms with van der Waals surface area (Å²) in [4.78, 5) is 34.8. The van der Waals surface area contributed by atoms with Gasteiger partial charge in [0.1, 0.15) is 12.7 Å². The summed E-state index contributed by atoms with van der Waals surface area (Å²) in [6.45, 7) is 4.38. The number of hydrogen-bond donors (Lipinski definition) is 4. The lowest BCUT2D eigenvalue weighted by Gasteiger charge is -2.20. The SMILES string of the molecule is CC/C=C\C/C=C\CC(O)/C=C/C=C\C/C=C\CCCC(=O)OC[C@H](COP(=O)(O)OC[C@@H](O)CO)OC(=O)CCCCCCCCCCC(C)CC. The maximum Gasteiger partial charge on any atom is 0.472 e. The third-order valence-electron chi connectivity index (χ3n) is 8.31. The lowest BCUT2D eigenvalue weighted by Crippen LogP contribution is -2.29. The van der Waals surface area contributed by atoms with E-state index in [1.807, 2.05) is 42.5 Å². The normalized spacial score (nSPS) is 15.8. The first-order chi connectivity index (χ1) is 25.5. The first kappa shape index (κ1) is 50.6. The van der Waals surface area contributed by atoms with Crippen LogP contribution in [-0.2, 0) is 32.7 Å². The molecule has 3 unspecified atom stereocenters. The van der Waals surface area contributed by atoms with Crippen LogP contribution in [-0.4, -0.2) is 76.9 Å². The molecule has 12 heteroatoms. The molecule has 0 radical (unpaired) electrons. The highest BCUT2D eigenvalue weighted by Crippen LogP contribution is 2.43. The topological polar surface area (TPSA) is 169 Å². The van der Waals surface area contributed by atoms with Gasteiger partial charge in [-0.05, 0) is 50.9 Å². The van der Waals surface area contributed by atoms with Crippen LogP contribution in [0.25, 0.3) is 0 Å². The average molecular weight is 771 g/mol. The van der Waals surface area contributed by atoms with Crippen molar-refractivity contribution in [3.05, 3.63) is 60.8 Å². The maximum absolute atomic E-state index is 12.6. The molecular formula is C41H71O11P. The summed E-state index contributed by atoms with van der Waals surface area (Å²) < 4.78 is 32.5. The van der Waals surface area contributed by atoms with E-state index in [0.29, 0.717) is 32.1 Å². The fourth-order valence-corrected chi connectivity index (χ4v) is 5.64. The van der Waals surface area contributed by atoms with Crippen LogP contribution in [0.2, 0.25) is 0 Å². The van der Waals surface area contributed by atoms with E-state index in [1.54, 1.807) is 6.08 Å². The Hall–Kier alpha value is -2.37. The van der Waals surface area contributed by atoms with Crippen molar-refractivity contribution in [3.63, 3.8) is 0 Å². The smallest absolute Gasteiger partial charge is 0.462 e. The molecule has 0 aliphatic carbocycles. The van der Waals surface area contributed by atoms with Gasteiger partial charge in [0.05, 0.1) is 25.9 Å². The summed E-state index contributed by atoms with van der Waals surface area (Å²) in [5, 5.41) is 28.3. The summed E-state index contributed by atoms with van der Waals surface area (Å²) in [6, 6.07) is 0. The van der Waals surface area contributed by atoms with Crippen molar-refractivity contribution in [2.45, 2.75) is 155 Å². The van der Waals surface area contributed by atoms with Crippen molar-refractivity contribution in [3.8, 4) is 0 Å². The zero-order valence-electron chi connectivity index (χ0n) is 32.7. The summed E-state index contributed by atoms with van der Waals surface area (Å²) >= 11 is 0. The Morgan fingerprint density at radius 2 is 1.34 bits per heavy atom. The molecule has 4 N–H and O–H groups in total. The zero-order valence-corrected chi connectivity index (χ0v) is 33.6. The molecule has 0 rings (SSSR count). The highest BCUT2D eigenvalue weighted by atomic mass is 31.2. The van der Waals surface area contributed by atoms with E-state index >= 15 is 0 Å². The van der Waals surface area contributed by atoms with Crippen molar-refractivity contribution in [2.75, 3.05) is 26.4 Å². The number of rotatable bonds is 35. The van der Waals surface area contributed by atoms with Crippen LogP contribution in [0.5, 0.6) is 0 Å². The lowest BCUT2D eigenvalue weighted by molar-refractivity contribution is -0.161. The molecule has 0 aliphatic rings. The van der Waals surface area contributed by atoms with Crippen molar-refractivity contribution >= 4 is 19.8 Å². The minimum Gasteiger partial charge on any atom is -0.462 e. The summed E-state index contributed by atoms with van der Waals surface area (Å²) in [5.74, 6) is -0.243. The largest absolute Gasteiger partial charge is 0.472 e. The van der Waals surface area contributed by atoms with Gasteiger partial charge in [0, 0.05) is 12.8 Å². The van der Waals surface area contributed by atoms with E-state index in [0.717, 1.165) is 38.0 Å². The molecule has 0 spiro atoms. The van der Waals surface area contributed by atoms with Crippen molar-refractivity contribution in [2.24, 2.45) is 5.92 Å². The Bertz CT molecular complexity index is 1100. The number of allylic oxidation sites excluding steroid dienone is 8.